The Bertz CT molecular complexity index is 7080. The van der Waals surface area contributed by atoms with Gasteiger partial charge in [-0.2, -0.15) is 13.7 Å². The van der Waals surface area contributed by atoms with Crippen molar-refractivity contribution < 1.29 is 13.7 Å². The van der Waals surface area contributed by atoms with Gasteiger partial charge in [0.1, 0.15) is 21.1 Å². The lowest BCUT2D eigenvalue weighted by Gasteiger charge is -2.32. The van der Waals surface area contributed by atoms with E-state index in [1.54, 1.807) is 5.56 Å². The number of fused-ring (bicyclic) bond motifs is 19. The van der Waals surface area contributed by atoms with Crippen LogP contribution in [0.1, 0.15) is 131 Å². The summed E-state index contributed by atoms with van der Waals surface area (Å²) in [5, 5.41) is 15.9. The van der Waals surface area contributed by atoms with Crippen LogP contribution >= 0.6 is 0 Å². The molecule has 0 N–H and O–H groups in total. The molecule has 7 aliphatic rings. The number of likely N-dealkylation sites (N-methyl/N-ethyl adjacent to an activating group) is 3. The number of benzene rings is 15. The number of anilines is 3. The Labute approximate surface area is 745 Å². The minimum absolute atomic E-state index is 0.0757. The van der Waals surface area contributed by atoms with Gasteiger partial charge in [-0.25, -0.2) is 0 Å². The van der Waals surface area contributed by atoms with Crippen LogP contribution in [0.5, 0.6) is 0 Å². The molecule has 1 spiro atoms. The number of hydrogen-bond donors (Lipinski definition) is 0. The first-order chi connectivity index (χ1) is 61.1. The lowest BCUT2D eigenvalue weighted by Crippen LogP contribution is -2.36. The molecule has 3 unspecified atom stereocenters. The lowest BCUT2D eigenvalue weighted by atomic mass is 9.66. The van der Waals surface area contributed by atoms with Crippen molar-refractivity contribution in [3.05, 3.63) is 431 Å². The van der Waals surface area contributed by atoms with Crippen molar-refractivity contribution in [3.63, 3.8) is 0 Å². The van der Waals surface area contributed by atoms with E-state index < -0.39 is 0 Å². The van der Waals surface area contributed by atoms with Gasteiger partial charge in [-0.1, -0.05) is 304 Å². The van der Waals surface area contributed by atoms with Gasteiger partial charge in [-0.3, -0.25) is 0 Å². The third-order valence-electron chi connectivity index (χ3n) is 30.1. The van der Waals surface area contributed by atoms with Gasteiger partial charge in [0.25, 0.3) is 0 Å². The highest BCUT2D eigenvalue weighted by molar-refractivity contribution is 6.11. The minimum Gasteiger partial charge on any atom is -0.347 e. The van der Waals surface area contributed by atoms with E-state index in [0.717, 1.165) is 19.3 Å². The van der Waals surface area contributed by atoms with Gasteiger partial charge in [0.05, 0.1) is 27.6 Å². The summed E-state index contributed by atoms with van der Waals surface area (Å²) in [6.45, 7) is 16.7. The molecule has 15 aromatic rings. The van der Waals surface area contributed by atoms with E-state index in [0.29, 0.717) is 0 Å². The topological polar surface area (TPSA) is 18.8 Å². The molecule has 3 atom stereocenters. The Morgan fingerprint density at radius 2 is 0.571 bits per heavy atom. The van der Waals surface area contributed by atoms with Crippen LogP contribution in [0.4, 0.5) is 34.1 Å². The highest BCUT2D eigenvalue weighted by atomic mass is 15.2. The second kappa shape index (κ2) is 31.7. The molecule has 6 nitrogen and oxygen atoms in total. The summed E-state index contributed by atoms with van der Waals surface area (Å²) in [5.41, 5.74) is 28.1. The Morgan fingerprint density at radius 3 is 0.968 bits per heavy atom. The van der Waals surface area contributed by atoms with E-state index in [-0.39, 0.29) is 32.5 Å². The van der Waals surface area contributed by atoms with Gasteiger partial charge in [0.15, 0.2) is 17.1 Å². The van der Waals surface area contributed by atoms with Crippen molar-refractivity contribution in [2.24, 2.45) is 0 Å². The number of rotatable bonds is 12. The van der Waals surface area contributed by atoms with Crippen molar-refractivity contribution in [1.82, 2.24) is 0 Å². The van der Waals surface area contributed by atoms with Crippen molar-refractivity contribution in [2.75, 3.05) is 57.0 Å². The maximum Gasteiger partial charge on any atom is 0.210 e. The summed E-state index contributed by atoms with van der Waals surface area (Å²) < 4.78 is 7.24. The van der Waals surface area contributed by atoms with Gasteiger partial charge in [0.2, 0.25) is 17.1 Å². The molecule has 6 heterocycles. The van der Waals surface area contributed by atoms with Crippen molar-refractivity contribution >= 4 is 116 Å². The standard InChI is InChI=1S/C42H41N2.2C39H37N2/c1-41(29-30-15-6-4-7-16-30)35-25-23-32-18-9-11-20-34(32)40(35)44(3)37(41)21-14-22-38-42(27-12-5-13-28-42)39-33-19-10-8-17-31(33)24-26-36(39)43(38)2;1-38(2)34(40(4)33-25-23-28-16-9-11-18-30(28)36(33)38)20-13-21-35-39(3,26-27-14-7-6-8-15-27)32-24-22-29-17-10-12-19-31(29)37(32)41(35)5;1-38(2)34(40(4)32-24-22-28-16-9-11-18-30(28)36(32)38)20-13-21-35-39(3,26-27-14-7-6-8-15-27)37-31-19-12-10-17-29(31)23-25-33(37)41(35)5/h4,6-11,14-26H,5,12-13,27-29H2,1-3H3;2*6-25H,26H2,1-5H3/q3*+1. The first kappa shape index (κ1) is 81.1. The fourth-order valence-electron chi connectivity index (χ4n) is 24.2. The fraction of sp³-hybridized carbons (Fsp3) is 0.225. The molecule has 6 aliphatic heterocycles. The average molecular weight is 1640 g/mol. The van der Waals surface area contributed by atoms with Gasteiger partial charge >= 0.3 is 0 Å². The summed E-state index contributed by atoms with van der Waals surface area (Å²) in [6.07, 6.45) is 30.4. The van der Waals surface area contributed by atoms with Crippen LogP contribution in [0.15, 0.2) is 381 Å². The lowest BCUT2D eigenvalue weighted by molar-refractivity contribution is -0.401. The molecule has 22 rings (SSSR count). The summed E-state index contributed by atoms with van der Waals surface area (Å²) in [7, 11) is 13.4. The predicted molar refractivity (Wildman–Crippen MR) is 536 cm³/mol. The third-order valence-corrected chi connectivity index (χ3v) is 30.1. The summed E-state index contributed by atoms with van der Waals surface area (Å²) >= 11 is 0. The molecule has 6 heteroatoms. The highest BCUT2D eigenvalue weighted by Crippen LogP contribution is 2.58. The molecular formula is C120H115N6+3. The summed E-state index contributed by atoms with van der Waals surface area (Å²) in [4.78, 5) is 7.31. The van der Waals surface area contributed by atoms with Crippen molar-refractivity contribution in [3.8, 4) is 0 Å². The van der Waals surface area contributed by atoms with E-state index in [2.05, 4.69) is 483 Å². The van der Waals surface area contributed by atoms with Gasteiger partial charge < -0.3 is 14.7 Å². The summed E-state index contributed by atoms with van der Waals surface area (Å²) in [6, 6.07) is 113. The molecule has 0 amide bonds. The Hall–Kier alpha value is -13.3. The number of hydrogen-bond acceptors (Lipinski definition) is 3. The Morgan fingerprint density at radius 1 is 0.278 bits per heavy atom. The SMILES string of the molecule is CN1C(=CC=CC2=[N+](C)c3ccc4ccccc4c3C2(C)C)C(C)(Cc2ccccc2)c2c1ccc1ccccc21.CN1C(=CC=CC2=[N+](C)c3ccc4ccccc4c3C2(C)C)C(C)(Cc2ccccc2)c2ccc3ccccc3c21.CN1C(=CC=CC2=[N+](C)c3ccc4ccccc4c3C23CCCCC3)C(C)(Cc2ccccc2)c2ccc3ccccc3c21. The maximum atomic E-state index is 2.49. The minimum atomic E-state index is -0.169. The van der Waals surface area contributed by atoms with Crippen LogP contribution in [0, 0.1) is 0 Å². The van der Waals surface area contributed by atoms with Crippen molar-refractivity contribution in [2.45, 2.75) is 132 Å². The monoisotopic (exact) mass is 1640 g/mol. The Balaban J connectivity index is 0.000000119. The molecular weight excluding hydrogens is 1530 g/mol. The maximum absolute atomic E-state index is 2.49. The van der Waals surface area contributed by atoms with Gasteiger partial charge in [-0.15, -0.1) is 0 Å². The molecule has 0 bridgehead atoms. The largest absolute Gasteiger partial charge is 0.347 e. The first-order valence-corrected chi connectivity index (χ1v) is 45.6. The molecule has 126 heavy (non-hydrogen) atoms. The van der Waals surface area contributed by atoms with Crippen LogP contribution in [0.3, 0.4) is 0 Å². The van der Waals surface area contributed by atoms with Gasteiger partial charge in [-0.05, 0) is 210 Å². The van der Waals surface area contributed by atoms with Crippen LogP contribution in [-0.2, 0) is 51.8 Å². The molecule has 1 saturated carbocycles. The number of allylic oxidation sites excluding steroid dienone is 12. The zero-order valence-electron chi connectivity index (χ0n) is 75.5. The van der Waals surface area contributed by atoms with E-state index in [1.807, 2.05) is 0 Å². The smallest absolute Gasteiger partial charge is 0.210 e. The summed E-state index contributed by atoms with van der Waals surface area (Å²) in [5.74, 6) is 0. The molecule has 15 aromatic carbocycles. The molecule has 0 aromatic heterocycles. The van der Waals surface area contributed by atoms with Crippen LogP contribution in [-0.4, -0.2) is 73.1 Å². The fourth-order valence-corrected chi connectivity index (χ4v) is 24.2. The van der Waals surface area contributed by atoms with E-state index >= 15 is 0 Å². The Kier molecular flexibility index (Phi) is 20.4. The van der Waals surface area contributed by atoms with E-state index in [1.165, 1.54) is 210 Å². The highest BCUT2D eigenvalue weighted by Gasteiger charge is 2.53. The second-order valence-electron chi connectivity index (χ2n) is 38.2. The molecule has 1 aliphatic carbocycles. The first-order valence-electron chi connectivity index (χ1n) is 45.6. The second-order valence-corrected chi connectivity index (χ2v) is 38.2. The zero-order valence-corrected chi connectivity index (χ0v) is 75.5. The average Bonchev–Trinajstić information content (AvgIpc) is 1.54. The van der Waals surface area contributed by atoms with Crippen molar-refractivity contribution in [1.29, 1.82) is 0 Å². The van der Waals surface area contributed by atoms with Crippen LogP contribution in [0.2, 0.25) is 0 Å². The van der Waals surface area contributed by atoms with Gasteiger partial charge in [0, 0.05) is 124 Å². The number of nitrogens with zero attached hydrogens (tertiary/aromatic N) is 6. The molecule has 622 valence electrons. The molecule has 1 fully saturated rings. The van der Waals surface area contributed by atoms with E-state index in [9.17, 15) is 0 Å². The quantitative estimate of drug-likeness (QED) is 0.114. The zero-order chi connectivity index (χ0) is 86.6. The molecule has 0 saturated heterocycles. The van der Waals surface area contributed by atoms with E-state index in [4.69, 9.17) is 0 Å². The van der Waals surface area contributed by atoms with Crippen LogP contribution in [0.25, 0.3) is 64.6 Å². The predicted octanol–water partition coefficient (Wildman–Crippen LogP) is 28.2. The molecule has 0 radical (unpaired) electrons. The third kappa shape index (κ3) is 13.2. The van der Waals surface area contributed by atoms with Crippen LogP contribution < -0.4 is 14.7 Å². The normalized spacial score (nSPS) is 20.9.